The summed E-state index contributed by atoms with van der Waals surface area (Å²) in [7, 11) is 1.46. The molecule has 0 N–H and O–H groups in total. The van der Waals surface area contributed by atoms with E-state index < -0.39 is 5.97 Å². The molecule has 0 fully saturated rings. The molecule has 8 heteroatoms. The number of hydrogen-bond donors (Lipinski definition) is 0. The highest BCUT2D eigenvalue weighted by Gasteiger charge is 2.28. The van der Waals surface area contributed by atoms with Crippen LogP contribution < -0.4 is 18.9 Å². The maximum Gasteiger partial charge on any atom is 0.422 e. The van der Waals surface area contributed by atoms with Crippen LogP contribution in [0.25, 0.3) is 5.53 Å². The average molecular weight is 446 g/mol. The number of methoxy groups -OCH3 is 1. The second-order valence-electron chi connectivity index (χ2n) is 7.16. The zero-order valence-corrected chi connectivity index (χ0v) is 18.0. The van der Waals surface area contributed by atoms with Crippen LogP contribution in [0.3, 0.4) is 0 Å². The predicted molar refractivity (Wildman–Crippen MR) is 119 cm³/mol. The number of ether oxygens (including phenoxy) is 5. The summed E-state index contributed by atoms with van der Waals surface area (Å²) < 4.78 is 27.1. The molecule has 3 aromatic carbocycles. The molecule has 0 aromatic heterocycles. The van der Waals surface area contributed by atoms with Crippen molar-refractivity contribution in [3.63, 3.8) is 0 Å². The van der Waals surface area contributed by atoms with E-state index in [0.717, 1.165) is 11.1 Å². The Kier molecular flexibility index (Phi) is 6.87. The van der Waals surface area contributed by atoms with Gasteiger partial charge < -0.3 is 29.2 Å². The largest absolute Gasteiger partial charge is 0.496 e. The lowest BCUT2D eigenvalue weighted by atomic mass is 10.1. The van der Waals surface area contributed by atoms with Crippen molar-refractivity contribution in [2.24, 2.45) is 0 Å². The standard InChI is InChI=1S/C25H22N2O6/c1-29-22-14-19(31-15-18-5-3-2-4-6-18)8-9-20(22)24(27-26)25(28)30-12-11-17-7-10-21-23(13-17)33-16-32-21/h2-10,13-14H,11-12,15-16H2,1H3. The molecular weight excluding hydrogens is 424 g/mol. The van der Waals surface area contributed by atoms with Crippen molar-refractivity contribution in [2.75, 3.05) is 20.5 Å². The van der Waals surface area contributed by atoms with Crippen molar-refractivity contribution in [1.82, 2.24) is 0 Å². The number of nitrogens with zero attached hydrogens (tertiary/aromatic N) is 2. The van der Waals surface area contributed by atoms with Gasteiger partial charge in [-0.15, -0.1) is 0 Å². The topological polar surface area (TPSA) is 99.6 Å². The van der Waals surface area contributed by atoms with E-state index in [4.69, 9.17) is 23.7 Å². The summed E-state index contributed by atoms with van der Waals surface area (Å²) in [5.41, 5.74) is 11.5. The Morgan fingerprint density at radius 2 is 1.82 bits per heavy atom. The summed E-state index contributed by atoms with van der Waals surface area (Å²) in [5.74, 6) is 1.45. The van der Waals surface area contributed by atoms with Crippen molar-refractivity contribution in [1.29, 1.82) is 0 Å². The predicted octanol–water partition coefficient (Wildman–Crippen LogP) is 3.81. The Hall–Kier alpha value is -4.29. The zero-order valence-electron chi connectivity index (χ0n) is 18.0. The molecule has 0 atom stereocenters. The van der Waals surface area contributed by atoms with Crippen LogP contribution in [0.2, 0.25) is 0 Å². The van der Waals surface area contributed by atoms with Crippen LogP contribution in [0.1, 0.15) is 16.7 Å². The fourth-order valence-electron chi connectivity index (χ4n) is 3.33. The second kappa shape index (κ2) is 10.3. The minimum atomic E-state index is -0.769. The summed E-state index contributed by atoms with van der Waals surface area (Å²) in [5, 5.41) is 0. The van der Waals surface area contributed by atoms with Crippen LogP contribution in [0.15, 0.2) is 66.7 Å². The molecule has 0 spiro atoms. The highest BCUT2D eigenvalue weighted by Crippen LogP contribution is 2.32. The highest BCUT2D eigenvalue weighted by molar-refractivity contribution is 6.41. The number of benzene rings is 3. The molecule has 33 heavy (non-hydrogen) atoms. The van der Waals surface area contributed by atoms with Gasteiger partial charge >= 0.3 is 11.7 Å². The molecule has 0 saturated carbocycles. The average Bonchev–Trinajstić information content (AvgIpc) is 3.32. The van der Waals surface area contributed by atoms with E-state index in [1.54, 1.807) is 18.2 Å². The van der Waals surface area contributed by atoms with Crippen molar-refractivity contribution < 1.29 is 33.3 Å². The minimum absolute atomic E-state index is 0.0953. The van der Waals surface area contributed by atoms with Gasteiger partial charge in [-0.25, -0.2) is 4.79 Å². The molecule has 0 bridgehead atoms. The molecule has 0 saturated heterocycles. The molecule has 1 aliphatic rings. The number of carbonyl (C=O) groups excluding carboxylic acids is 1. The van der Waals surface area contributed by atoms with Crippen LogP contribution in [-0.4, -0.2) is 37.0 Å². The third kappa shape index (κ3) is 5.31. The first-order valence-corrected chi connectivity index (χ1v) is 10.3. The molecule has 0 unspecified atom stereocenters. The number of rotatable bonds is 9. The van der Waals surface area contributed by atoms with E-state index in [0.29, 0.717) is 41.6 Å². The first kappa shape index (κ1) is 21.9. The van der Waals surface area contributed by atoms with Crippen molar-refractivity contribution in [3.05, 3.63) is 89.0 Å². The van der Waals surface area contributed by atoms with Crippen LogP contribution in [0.5, 0.6) is 23.0 Å². The summed E-state index contributed by atoms with van der Waals surface area (Å²) in [4.78, 5) is 15.7. The molecule has 0 aliphatic carbocycles. The van der Waals surface area contributed by atoms with E-state index in [1.807, 2.05) is 48.5 Å². The maximum absolute atomic E-state index is 12.6. The smallest absolute Gasteiger partial charge is 0.422 e. The Morgan fingerprint density at radius 1 is 1.00 bits per heavy atom. The van der Waals surface area contributed by atoms with Gasteiger partial charge in [0, 0.05) is 12.5 Å². The van der Waals surface area contributed by atoms with Crippen molar-refractivity contribution >= 4 is 11.7 Å². The normalized spacial score (nSPS) is 11.4. The first-order valence-electron chi connectivity index (χ1n) is 10.3. The van der Waals surface area contributed by atoms with E-state index in [2.05, 4.69) is 4.79 Å². The molecule has 168 valence electrons. The van der Waals surface area contributed by atoms with E-state index in [1.165, 1.54) is 7.11 Å². The lowest BCUT2D eigenvalue weighted by molar-refractivity contribution is -0.140. The van der Waals surface area contributed by atoms with Crippen LogP contribution in [0.4, 0.5) is 0 Å². The summed E-state index contributed by atoms with van der Waals surface area (Å²) in [6.45, 7) is 0.673. The summed E-state index contributed by atoms with van der Waals surface area (Å²) in [6.07, 6.45) is 0.463. The fraction of sp³-hybridized carbons (Fsp3) is 0.200. The van der Waals surface area contributed by atoms with Gasteiger partial charge in [0.25, 0.3) is 0 Å². The SMILES string of the molecule is COc1cc(OCc2ccccc2)ccc1C(=[N+]=[N-])C(=O)OCCc1ccc2c(c1)OCO2. The van der Waals surface area contributed by atoms with Gasteiger partial charge in [-0.2, -0.15) is 4.79 Å². The number of fused-ring (bicyclic) bond motifs is 1. The quantitative estimate of drug-likeness (QED) is 0.215. The number of carbonyl (C=O) groups is 1. The first-order chi connectivity index (χ1) is 16.2. The van der Waals surface area contributed by atoms with Gasteiger partial charge in [0.1, 0.15) is 23.7 Å². The Labute approximate surface area is 190 Å². The Morgan fingerprint density at radius 3 is 2.61 bits per heavy atom. The van der Waals surface area contributed by atoms with Crippen LogP contribution >= 0.6 is 0 Å². The van der Waals surface area contributed by atoms with Crippen molar-refractivity contribution in [2.45, 2.75) is 13.0 Å². The molecule has 1 aliphatic heterocycles. The molecule has 0 amide bonds. The monoisotopic (exact) mass is 446 g/mol. The fourth-order valence-corrected chi connectivity index (χ4v) is 3.33. The van der Waals surface area contributed by atoms with Gasteiger partial charge in [0.2, 0.25) is 6.79 Å². The molecule has 3 aromatic rings. The van der Waals surface area contributed by atoms with Crippen LogP contribution in [0, 0.1) is 0 Å². The third-order valence-corrected chi connectivity index (χ3v) is 5.03. The summed E-state index contributed by atoms with van der Waals surface area (Å²) >= 11 is 0. The van der Waals surface area contributed by atoms with Gasteiger partial charge in [-0.3, -0.25) is 0 Å². The molecular formula is C25H22N2O6. The number of esters is 1. The minimum Gasteiger partial charge on any atom is -0.496 e. The highest BCUT2D eigenvalue weighted by atomic mass is 16.7. The van der Waals surface area contributed by atoms with Gasteiger partial charge in [0.05, 0.1) is 13.7 Å². The van der Waals surface area contributed by atoms with Gasteiger partial charge in [0.15, 0.2) is 11.5 Å². The third-order valence-electron chi connectivity index (χ3n) is 5.03. The van der Waals surface area contributed by atoms with Gasteiger partial charge in [-0.05, 0) is 35.4 Å². The molecule has 0 radical (unpaired) electrons. The lowest BCUT2D eigenvalue weighted by Crippen LogP contribution is -2.21. The zero-order chi connectivity index (χ0) is 23.0. The van der Waals surface area contributed by atoms with E-state index in [9.17, 15) is 10.3 Å². The van der Waals surface area contributed by atoms with E-state index in [-0.39, 0.29) is 19.1 Å². The van der Waals surface area contributed by atoms with Crippen molar-refractivity contribution in [3.8, 4) is 23.0 Å². The molecule has 4 rings (SSSR count). The Balaban J connectivity index is 1.38. The lowest BCUT2D eigenvalue weighted by Gasteiger charge is -2.10. The Bertz CT molecular complexity index is 1190. The van der Waals surface area contributed by atoms with Crippen LogP contribution in [-0.2, 0) is 22.6 Å². The van der Waals surface area contributed by atoms with Gasteiger partial charge in [-0.1, -0.05) is 36.4 Å². The summed E-state index contributed by atoms with van der Waals surface area (Å²) in [6, 6.07) is 20.1. The number of hydrogen-bond acceptors (Lipinski definition) is 6. The molecule has 1 heterocycles. The van der Waals surface area contributed by atoms with E-state index >= 15 is 0 Å². The molecule has 8 nitrogen and oxygen atoms in total. The maximum atomic E-state index is 12.6. The second-order valence-corrected chi connectivity index (χ2v) is 7.16.